The summed E-state index contributed by atoms with van der Waals surface area (Å²) >= 11 is 0. The number of rotatable bonds is 5. The van der Waals surface area contributed by atoms with E-state index in [1.807, 2.05) is 0 Å². The van der Waals surface area contributed by atoms with Gasteiger partial charge in [0.05, 0.1) is 0 Å². The zero-order valence-electron chi connectivity index (χ0n) is 10.7. The van der Waals surface area contributed by atoms with Gasteiger partial charge in [-0.1, -0.05) is 74.0 Å². The maximum absolute atomic E-state index is 2.27. The molecule has 0 aliphatic heterocycles. The van der Waals surface area contributed by atoms with Crippen molar-refractivity contribution >= 4 is 18.5 Å². The monoisotopic (exact) mass is 345 g/mol. The number of unbranched alkanes of at least 4 members (excludes halogenated alkanes) is 1. The molecule has 0 saturated heterocycles. The second kappa shape index (κ2) is 8.57. The largest absolute Gasteiger partial charge is 0.0654 e. The van der Waals surface area contributed by atoms with Gasteiger partial charge in [0.15, 0.2) is 0 Å². The van der Waals surface area contributed by atoms with E-state index in [1.54, 1.807) is 0 Å². The fourth-order valence-electron chi connectivity index (χ4n) is 1.94. The minimum Gasteiger partial charge on any atom is -0.0654 e. The maximum Gasteiger partial charge on any atom is 0 e. The molecule has 2 rings (SSSR count). The van der Waals surface area contributed by atoms with Gasteiger partial charge in [-0.15, -0.1) is 0 Å². The van der Waals surface area contributed by atoms with Gasteiger partial charge in [0, 0.05) is 19.5 Å². The Labute approximate surface area is 124 Å². The Morgan fingerprint density at radius 2 is 1.22 bits per heavy atom. The Morgan fingerprint density at radius 3 is 1.61 bits per heavy atom. The normalized spacial score (nSPS) is 10.1. The van der Waals surface area contributed by atoms with Crippen LogP contribution in [0.3, 0.4) is 0 Å². The molecule has 0 aliphatic rings. The average Bonchev–Trinajstić information content (AvgIpc) is 2.42. The van der Waals surface area contributed by atoms with Crippen LogP contribution in [0, 0.1) is 0 Å². The van der Waals surface area contributed by atoms with Gasteiger partial charge in [-0.05, 0) is 31.1 Å². The average molecular weight is 345 g/mol. The Balaban J connectivity index is 0.00000162. The van der Waals surface area contributed by atoms with Crippen LogP contribution in [0.15, 0.2) is 60.7 Å². The summed E-state index contributed by atoms with van der Waals surface area (Å²) in [6.07, 6.45) is 3.90. The van der Waals surface area contributed by atoms with Crippen molar-refractivity contribution in [2.45, 2.75) is 19.8 Å². The third-order valence-corrected chi connectivity index (χ3v) is 5.48. The first-order chi connectivity index (χ1) is 8.42. The van der Waals surface area contributed by atoms with Gasteiger partial charge in [-0.25, -0.2) is 0 Å². The summed E-state index contributed by atoms with van der Waals surface area (Å²) in [6.45, 7) is 2.27. The van der Waals surface area contributed by atoms with E-state index in [2.05, 4.69) is 67.6 Å². The Bertz CT molecular complexity index is 388. The molecule has 0 fully saturated rings. The molecule has 0 N–H and O–H groups in total. The van der Waals surface area contributed by atoms with Crippen molar-refractivity contribution in [1.29, 1.82) is 0 Å². The second-order valence-electron chi connectivity index (χ2n) is 4.18. The van der Waals surface area contributed by atoms with Gasteiger partial charge < -0.3 is 0 Å². The van der Waals surface area contributed by atoms with Crippen molar-refractivity contribution in [2.24, 2.45) is 0 Å². The Morgan fingerprint density at radius 1 is 0.778 bits per heavy atom. The minimum atomic E-state index is -0.157. The van der Waals surface area contributed by atoms with Crippen LogP contribution in [0.25, 0.3) is 0 Å². The first-order valence-electron chi connectivity index (χ1n) is 6.29. The van der Waals surface area contributed by atoms with E-state index in [0.29, 0.717) is 0 Å². The van der Waals surface area contributed by atoms with E-state index in [1.165, 1.54) is 29.6 Å². The van der Waals surface area contributed by atoms with Crippen LogP contribution < -0.4 is 10.6 Å². The minimum absolute atomic E-state index is 0. The molecule has 97 valence electrons. The molecule has 0 unspecified atom stereocenters. The van der Waals surface area contributed by atoms with Gasteiger partial charge >= 0.3 is 0 Å². The molecule has 0 aliphatic carbocycles. The molecule has 2 aromatic carbocycles. The van der Waals surface area contributed by atoms with Crippen LogP contribution in [0.1, 0.15) is 19.8 Å². The third-order valence-electron chi connectivity index (χ3n) is 2.87. The first-order valence-corrected chi connectivity index (χ1v) is 7.82. The zero-order chi connectivity index (χ0) is 11.9. The molecular weight excluding hydrogens is 326 g/mol. The SMILES string of the molecule is CCCCP(c1ccccc1)c1ccccc1.[Rh]. The molecule has 0 heterocycles. The Hall–Kier alpha value is -0.507. The molecule has 0 nitrogen and oxygen atoms in total. The predicted octanol–water partition coefficient (Wildman–Crippen LogP) is 3.92. The van der Waals surface area contributed by atoms with E-state index in [0.717, 1.165) is 0 Å². The fourth-order valence-corrected chi connectivity index (χ4v) is 4.45. The van der Waals surface area contributed by atoms with Gasteiger partial charge in [0.25, 0.3) is 0 Å². The van der Waals surface area contributed by atoms with Crippen molar-refractivity contribution in [1.82, 2.24) is 0 Å². The van der Waals surface area contributed by atoms with Crippen molar-refractivity contribution in [3.63, 3.8) is 0 Å². The molecule has 2 aromatic rings. The van der Waals surface area contributed by atoms with Crippen LogP contribution >= 0.6 is 7.92 Å². The van der Waals surface area contributed by atoms with Crippen LogP contribution in [0.5, 0.6) is 0 Å². The van der Waals surface area contributed by atoms with Crippen molar-refractivity contribution in [3.05, 3.63) is 60.7 Å². The third kappa shape index (κ3) is 4.31. The number of hydrogen-bond acceptors (Lipinski definition) is 0. The number of benzene rings is 2. The number of hydrogen-bond donors (Lipinski definition) is 0. The van der Waals surface area contributed by atoms with E-state index in [4.69, 9.17) is 0 Å². The molecule has 0 aromatic heterocycles. The first kappa shape index (κ1) is 15.6. The predicted molar refractivity (Wildman–Crippen MR) is 78.8 cm³/mol. The molecule has 1 radical (unpaired) electrons. The van der Waals surface area contributed by atoms with E-state index < -0.39 is 0 Å². The van der Waals surface area contributed by atoms with Gasteiger partial charge in [0.2, 0.25) is 0 Å². The van der Waals surface area contributed by atoms with Gasteiger partial charge in [0.1, 0.15) is 0 Å². The molecule has 18 heavy (non-hydrogen) atoms. The summed E-state index contributed by atoms with van der Waals surface area (Å²) in [5.74, 6) is 0. The molecule has 0 saturated carbocycles. The van der Waals surface area contributed by atoms with Crippen molar-refractivity contribution < 1.29 is 19.5 Å². The molecule has 0 atom stereocenters. The van der Waals surface area contributed by atoms with Crippen LogP contribution in [-0.2, 0) is 19.5 Å². The Kier molecular flexibility index (Phi) is 7.40. The van der Waals surface area contributed by atoms with Crippen molar-refractivity contribution in [2.75, 3.05) is 6.16 Å². The molecule has 0 amide bonds. The summed E-state index contributed by atoms with van der Waals surface area (Å²) in [4.78, 5) is 0. The van der Waals surface area contributed by atoms with Crippen LogP contribution in [0.4, 0.5) is 0 Å². The summed E-state index contributed by atoms with van der Waals surface area (Å²) in [6, 6.07) is 21.9. The maximum atomic E-state index is 2.27. The molecule has 2 heteroatoms. The molecule has 0 spiro atoms. The standard InChI is InChI=1S/C16H19P.Rh/c1-2-3-14-17(15-10-6-4-7-11-15)16-12-8-5-9-13-16;/h4-13H,2-3,14H2,1H3;. The zero-order valence-corrected chi connectivity index (χ0v) is 13.2. The summed E-state index contributed by atoms with van der Waals surface area (Å²) in [5.41, 5.74) is 0. The van der Waals surface area contributed by atoms with Gasteiger partial charge in [-0.2, -0.15) is 0 Å². The van der Waals surface area contributed by atoms with E-state index in [9.17, 15) is 0 Å². The fraction of sp³-hybridized carbons (Fsp3) is 0.250. The van der Waals surface area contributed by atoms with Crippen LogP contribution in [-0.4, -0.2) is 6.16 Å². The summed E-state index contributed by atoms with van der Waals surface area (Å²) in [5, 5.41) is 3.00. The summed E-state index contributed by atoms with van der Waals surface area (Å²) < 4.78 is 0. The molecular formula is C16H19PRh. The second-order valence-corrected chi connectivity index (χ2v) is 6.51. The quantitative estimate of drug-likeness (QED) is 0.569. The van der Waals surface area contributed by atoms with E-state index >= 15 is 0 Å². The smallest absolute Gasteiger partial charge is 0 e. The summed E-state index contributed by atoms with van der Waals surface area (Å²) in [7, 11) is -0.157. The van der Waals surface area contributed by atoms with Crippen LogP contribution in [0.2, 0.25) is 0 Å². The molecule has 0 bridgehead atoms. The van der Waals surface area contributed by atoms with Gasteiger partial charge in [-0.3, -0.25) is 0 Å². The van der Waals surface area contributed by atoms with E-state index in [-0.39, 0.29) is 27.4 Å². The van der Waals surface area contributed by atoms with Crippen molar-refractivity contribution in [3.8, 4) is 0 Å². The topological polar surface area (TPSA) is 0 Å².